The minimum absolute atomic E-state index is 0.0325. The van der Waals surface area contributed by atoms with Crippen molar-refractivity contribution in [3.05, 3.63) is 64.1 Å². The molecule has 21 heavy (non-hydrogen) atoms. The number of aryl methyl sites for hydroxylation is 2. The normalized spacial score (nSPS) is 13.9. The highest BCUT2D eigenvalue weighted by Gasteiger charge is 2.22. The Labute approximate surface area is 123 Å². The van der Waals surface area contributed by atoms with E-state index in [1.807, 2.05) is 25.1 Å². The third-order valence-corrected chi connectivity index (χ3v) is 3.85. The van der Waals surface area contributed by atoms with E-state index in [1.54, 1.807) is 17.2 Å². The standard InChI is InChI=1S/C17H18N2O2/c1-13-8-9-16(20)18(11-13)12-17(21)19-10-4-6-14-5-2-3-7-15(14)19/h2-3,5,7-9,11H,4,6,10,12H2,1H3. The molecule has 0 radical (unpaired) electrons. The molecule has 4 nitrogen and oxygen atoms in total. The van der Waals surface area contributed by atoms with Gasteiger partial charge in [0, 0.05) is 24.5 Å². The molecular formula is C17H18N2O2. The molecular weight excluding hydrogens is 264 g/mol. The third-order valence-electron chi connectivity index (χ3n) is 3.85. The Morgan fingerprint density at radius 1 is 1.19 bits per heavy atom. The van der Waals surface area contributed by atoms with Crippen molar-refractivity contribution >= 4 is 11.6 Å². The zero-order chi connectivity index (χ0) is 14.8. The fourth-order valence-electron chi connectivity index (χ4n) is 2.80. The molecule has 0 bridgehead atoms. The average molecular weight is 282 g/mol. The van der Waals surface area contributed by atoms with Gasteiger partial charge in [-0.1, -0.05) is 24.3 Å². The summed E-state index contributed by atoms with van der Waals surface area (Å²) in [6, 6.07) is 11.3. The van der Waals surface area contributed by atoms with Gasteiger partial charge >= 0.3 is 0 Å². The molecule has 1 amide bonds. The Morgan fingerprint density at radius 2 is 2.00 bits per heavy atom. The Morgan fingerprint density at radius 3 is 2.86 bits per heavy atom. The Bertz CT molecular complexity index is 734. The molecule has 0 saturated heterocycles. The lowest BCUT2D eigenvalue weighted by atomic mass is 10.0. The Kier molecular flexibility index (Phi) is 3.60. The first kappa shape index (κ1) is 13.6. The molecule has 1 aromatic heterocycles. The van der Waals surface area contributed by atoms with E-state index in [4.69, 9.17) is 0 Å². The highest BCUT2D eigenvalue weighted by Crippen LogP contribution is 2.26. The van der Waals surface area contributed by atoms with E-state index in [0.29, 0.717) is 0 Å². The molecule has 0 spiro atoms. The number of para-hydroxylation sites is 1. The number of carbonyl (C=O) groups is 1. The number of pyridine rings is 1. The first-order valence-electron chi connectivity index (χ1n) is 7.20. The number of nitrogens with zero attached hydrogens (tertiary/aromatic N) is 2. The van der Waals surface area contributed by atoms with Gasteiger partial charge in [0.15, 0.2) is 0 Å². The summed E-state index contributed by atoms with van der Waals surface area (Å²) in [5.41, 5.74) is 3.02. The molecule has 2 heterocycles. The quantitative estimate of drug-likeness (QED) is 0.847. The van der Waals surface area contributed by atoms with E-state index >= 15 is 0 Å². The summed E-state index contributed by atoms with van der Waals surface area (Å²) in [4.78, 5) is 26.2. The van der Waals surface area contributed by atoms with Crippen LogP contribution in [0.3, 0.4) is 0 Å². The maximum atomic E-state index is 12.6. The summed E-state index contributed by atoms with van der Waals surface area (Å²) >= 11 is 0. The molecule has 0 fully saturated rings. The highest BCUT2D eigenvalue weighted by atomic mass is 16.2. The molecule has 0 unspecified atom stereocenters. The van der Waals surface area contributed by atoms with Crippen molar-refractivity contribution in [3.63, 3.8) is 0 Å². The van der Waals surface area contributed by atoms with Gasteiger partial charge in [-0.2, -0.15) is 0 Å². The van der Waals surface area contributed by atoms with Gasteiger partial charge in [-0.25, -0.2) is 0 Å². The van der Waals surface area contributed by atoms with E-state index in [0.717, 1.165) is 30.6 Å². The number of hydrogen-bond acceptors (Lipinski definition) is 2. The smallest absolute Gasteiger partial charge is 0.251 e. The van der Waals surface area contributed by atoms with Crippen molar-refractivity contribution in [2.45, 2.75) is 26.3 Å². The average Bonchev–Trinajstić information content (AvgIpc) is 2.50. The molecule has 4 heteroatoms. The van der Waals surface area contributed by atoms with Gasteiger partial charge in [-0.05, 0) is 37.0 Å². The van der Waals surface area contributed by atoms with Gasteiger partial charge in [0.2, 0.25) is 5.91 Å². The fraction of sp³-hybridized carbons (Fsp3) is 0.294. The maximum Gasteiger partial charge on any atom is 0.251 e. The van der Waals surface area contributed by atoms with Crippen LogP contribution in [0.25, 0.3) is 0 Å². The number of carbonyl (C=O) groups excluding carboxylic acids is 1. The summed E-state index contributed by atoms with van der Waals surface area (Å²) in [6.07, 6.45) is 3.70. The summed E-state index contributed by atoms with van der Waals surface area (Å²) in [7, 11) is 0. The van der Waals surface area contributed by atoms with Crippen LogP contribution in [0.15, 0.2) is 47.4 Å². The van der Waals surface area contributed by atoms with Crippen molar-refractivity contribution in [2.75, 3.05) is 11.4 Å². The van der Waals surface area contributed by atoms with Crippen LogP contribution >= 0.6 is 0 Å². The molecule has 1 aromatic carbocycles. The van der Waals surface area contributed by atoms with E-state index in [2.05, 4.69) is 6.07 Å². The predicted molar refractivity (Wildman–Crippen MR) is 82.6 cm³/mol. The molecule has 0 aliphatic carbocycles. The lowest BCUT2D eigenvalue weighted by molar-refractivity contribution is -0.119. The first-order chi connectivity index (χ1) is 10.1. The Balaban J connectivity index is 1.87. The maximum absolute atomic E-state index is 12.6. The van der Waals surface area contributed by atoms with E-state index in [-0.39, 0.29) is 18.0 Å². The first-order valence-corrected chi connectivity index (χ1v) is 7.20. The second-order valence-corrected chi connectivity index (χ2v) is 5.45. The van der Waals surface area contributed by atoms with Crippen LogP contribution in [0.1, 0.15) is 17.5 Å². The lowest BCUT2D eigenvalue weighted by Crippen LogP contribution is -2.39. The monoisotopic (exact) mass is 282 g/mol. The zero-order valence-electron chi connectivity index (χ0n) is 12.1. The van der Waals surface area contributed by atoms with Crippen LogP contribution in [0.4, 0.5) is 5.69 Å². The van der Waals surface area contributed by atoms with Crippen LogP contribution in [-0.4, -0.2) is 17.0 Å². The summed E-state index contributed by atoms with van der Waals surface area (Å²) in [5.74, 6) is -0.0325. The molecule has 108 valence electrons. The molecule has 0 N–H and O–H groups in total. The van der Waals surface area contributed by atoms with E-state index < -0.39 is 0 Å². The van der Waals surface area contributed by atoms with Crippen LogP contribution < -0.4 is 10.5 Å². The zero-order valence-corrected chi connectivity index (χ0v) is 12.1. The summed E-state index contributed by atoms with van der Waals surface area (Å²) in [5, 5.41) is 0. The summed E-state index contributed by atoms with van der Waals surface area (Å²) in [6.45, 7) is 2.72. The van der Waals surface area contributed by atoms with Gasteiger partial charge < -0.3 is 9.47 Å². The number of rotatable bonds is 2. The topological polar surface area (TPSA) is 42.3 Å². The number of amides is 1. The van der Waals surface area contributed by atoms with Crippen molar-refractivity contribution in [1.82, 2.24) is 4.57 Å². The van der Waals surface area contributed by atoms with E-state index in [9.17, 15) is 9.59 Å². The second kappa shape index (κ2) is 5.56. The minimum atomic E-state index is -0.140. The minimum Gasteiger partial charge on any atom is -0.311 e. The molecule has 1 aliphatic rings. The van der Waals surface area contributed by atoms with Gasteiger partial charge in [-0.15, -0.1) is 0 Å². The molecule has 0 saturated carbocycles. The number of fused-ring (bicyclic) bond motifs is 1. The van der Waals surface area contributed by atoms with Crippen LogP contribution in [0, 0.1) is 6.92 Å². The number of benzene rings is 1. The molecule has 1 aliphatic heterocycles. The SMILES string of the molecule is Cc1ccc(=O)n(CC(=O)N2CCCc3ccccc32)c1. The Hall–Kier alpha value is -2.36. The molecule has 3 rings (SSSR count). The lowest BCUT2D eigenvalue weighted by Gasteiger charge is -2.29. The fourth-order valence-corrected chi connectivity index (χ4v) is 2.80. The van der Waals surface area contributed by atoms with Crippen molar-refractivity contribution < 1.29 is 4.79 Å². The van der Waals surface area contributed by atoms with Gasteiger partial charge in [0.1, 0.15) is 6.54 Å². The highest BCUT2D eigenvalue weighted by molar-refractivity contribution is 5.94. The number of anilines is 1. The molecule has 2 aromatic rings. The van der Waals surface area contributed by atoms with Gasteiger partial charge in [0.05, 0.1) is 0 Å². The third kappa shape index (κ3) is 2.75. The summed E-state index contributed by atoms with van der Waals surface area (Å²) < 4.78 is 1.48. The van der Waals surface area contributed by atoms with Gasteiger partial charge in [-0.3, -0.25) is 9.59 Å². The van der Waals surface area contributed by atoms with Crippen LogP contribution in [-0.2, 0) is 17.8 Å². The predicted octanol–water partition coefficient (Wildman–Crippen LogP) is 2.14. The van der Waals surface area contributed by atoms with Crippen molar-refractivity contribution in [2.24, 2.45) is 0 Å². The van der Waals surface area contributed by atoms with Crippen LogP contribution in [0.5, 0.6) is 0 Å². The number of hydrogen-bond donors (Lipinski definition) is 0. The number of aromatic nitrogens is 1. The van der Waals surface area contributed by atoms with Crippen LogP contribution in [0.2, 0.25) is 0 Å². The van der Waals surface area contributed by atoms with Gasteiger partial charge in [0.25, 0.3) is 5.56 Å². The van der Waals surface area contributed by atoms with E-state index in [1.165, 1.54) is 16.2 Å². The van der Waals surface area contributed by atoms with Crippen molar-refractivity contribution in [3.8, 4) is 0 Å². The second-order valence-electron chi connectivity index (χ2n) is 5.45. The van der Waals surface area contributed by atoms with Crippen molar-refractivity contribution in [1.29, 1.82) is 0 Å². The molecule has 0 atom stereocenters. The largest absolute Gasteiger partial charge is 0.311 e.